The van der Waals surface area contributed by atoms with Crippen LogP contribution in [0.25, 0.3) is 11.3 Å². The number of halogens is 3. The van der Waals surface area contributed by atoms with Crippen LogP contribution in [0.15, 0.2) is 33.7 Å². The van der Waals surface area contributed by atoms with Gasteiger partial charge in [0.2, 0.25) is 15.8 Å². The molecule has 138 valence electrons. The molecule has 0 aliphatic rings. The van der Waals surface area contributed by atoms with Gasteiger partial charge < -0.3 is 4.52 Å². The molecule has 0 atom stereocenters. The van der Waals surface area contributed by atoms with Gasteiger partial charge in [0.25, 0.3) is 0 Å². The molecule has 0 fully saturated rings. The number of sulfonamides is 1. The molecule has 0 saturated heterocycles. The van der Waals surface area contributed by atoms with Crippen molar-refractivity contribution in [2.24, 2.45) is 0 Å². The van der Waals surface area contributed by atoms with Gasteiger partial charge in [-0.2, -0.15) is 17.5 Å². The molecule has 1 aromatic heterocycles. The van der Waals surface area contributed by atoms with Gasteiger partial charge in [-0.25, -0.2) is 8.42 Å². The van der Waals surface area contributed by atoms with Crippen LogP contribution in [0, 0.1) is 0 Å². The SMILES string of the molecule is CCc1ccc(-c2cc(C(F)(F)F)on2)cc1S(=O)(=O)N(CC)CC. The summed E-state index contributed by atoms with van der Waals surface area (Å²) in [6.45, 7) is 5.87. The molecule has 1 heterocycles. The lowest BCUT2D eigenvalue weighted by Crippen LogP contribution is -2.31. The standard InChI is InChI=1S/C16H19F3N2O3S/c1-4-11-7-8-12(13-10-15(24-20-13)16(17,18)19)9-14(11)25(22,23)21(5-2)6-3/h7-10H,4-6H2,1-3H3. The van der Waals surface area contributed by atoms with E-state index in [0.717, 1.165) is 6.07 Å². The van der Waals surface area contributed by atoms with Crippen LogP contribution in [0.3, 0.4) is 0 Å². The van der Waals surface area contributed by atoms with Gasteiger partial charge in [-0.1, -0.05) is 38.1 Å². The molecule has 2 aromatic rings. The number of aromatic nitrogens is 1. The maximum Gasteiger partial charge on any atom is 0.452 e. The van der Waals surface area contributed by atoms with Crippen LogP contribution in [0.1, 0.15) is 32.1 Å². The predicted octanol–water partition coefficient (Wildman–Crippen LogP) is 3.95. The predicted molar refractivity (Wildman–Crippen MR) is 86.4 cm³/mol. The molecule has 0 bridgehead atoms. The quantitative estimate of drug-likeness (QED) is 0.766. The summed E-state index contributed by atoms with van der Waals surface area (Å²) < 4.78 is 69.3. The molecular formula is C16H19F3N2O3S. The molecule has 9 heteroatoms. The summed E-state index contributed by atoms with van der Waals surface area (Å²) in [5.41, 5.74) is 0.781. The highest BCUT2D eigenvalue weighted by Gasteiger charge is 2.36. The van der Waals surface area contributed by atoms with Crippen LogP contribution in [0.4, 0.5) is 13.2 Å². The van der Waals surface area contributed by atoms with Gasteiger partial charge in [-0.15, -0.1) is 0 Å². The number of benzene rings is 1. The Kier molecular flexibility index (Phi) is 5.58. The first-order valence-corrected chi connectivity index (χ1v) is 9.26. The van der Waals surface area contributed by atoms with Crippen molar-refractivity contribution < 1.29 is 26.1 Å². The van der Waals surface area contributed by atoms with Crippen LogP contribution in [0.5, 0.6) is 0 Å². The van der Waals surface area contributed by atoms with E-state index >= 15 is 0 Å². The van der Waals surface area contributed by atoms with Crippen LogP contribution in [-0.4, -0.2) is 31.0 Å². The first kappa shape index (κ1) is 19.5. The van der Waals surface area contributed by atoms with Crippen LogP contribution >= 0.6 is 0 Å². The highest BCUT2D eigenvalue weighted by atomic mass is 32.2. The van der Waals surface area contributed by atoms with Crippen LogP contribution < -0.4 is 0 Å². The third-order valence-corrected chi connectivity index (χ3v) is 5.99. The molecule has 0 saturated carbocycles. The van der Waals surface area contributed by atoms with E-state index in [2.05, 4.69) is 9.68 Å². The fourth-order valence-electron chi connectivity index (χ4n) is 2.49. The Hall–Kier alpha value is -1.87. The van der Waals surface area contributed by atoms with Crippen LogP contribution in [0.2, 0.25) is 0 Å². The van der Waals surface area contributed by atoms with Crippen molar-refractivity contribution in [3.05, 3.63) is 35.6 Å². The first-order valence-electron chi connectivity index (χ1n) is 7.82. The number of aryl methyl sites for hydroxylation is 1. The van der Waals surface area contributed by atoms with Gasteiger partial charge in [0.05, 0.1) is 4.90 Å². The van der Waals surface area contributed by atoms with Gasteiger partial charge >= 0.3 is 6.18 Å². The highest BCUT2D eigenvalue weighted by molar-refractivity contribution is 7.89. The fourth-order valence-corrected chi connectivity index (χ4v) is 4.27. The molecule has 0 aliphatic heterocycles. The molecule has 0 radical (unpaired) electrons. The van der Waals surface area contributed by atoms with Crippen molar-refractivity contribution in [2.45, 2.75) is 38.3 Å². The van der Waals surface area contributed by atoms with E-state index in [1.807, 2.05) is 6.92 Å². The minimum absolute atomic E-state index is 0.0639. The summed E-state index contributed by atoms with van der Waals surface area (Å²) in [5, 5.41) is 3.41. The summed E-state index contributed by atoms with van der Waals surface area (Å²) in [4.78, 5) is 0.0766. The van der Waals surface area contributed by atoms with E-state index in [1.165, 1.54) is 16.4 Å². The van der Waals surface area contributed by atoms with Crippen LogP contribution in [-0.2, 0) is 22.6 Å². The molecule has 0 amide bonds. The summed E-state index contributed by atoms with van der Waals surface area (Å²) in [7, 11) is -3.74. The molecule has 0 N–H and O–H groups in total. The second-order valence-electron chi connectivity index (χ2n) is 5.34. The molecular weight excluding hydrogens is 357 g/mol. The lowest BCUT2D eigenvalue weighted by atomic mass is 10.1. The molecule has 0 unspecified atom stereocenters. The average Bonchev–Trinajstić information content (AvgIpc) is 3.05. The van der Waals surface area contributed by atoms with E-state index in [4.69, 9.17) is 0 Å². The number of rotatable bonds is 6. The Labute approximate surface area is 144 Å². The lowest BCUT2D eigenvalue weighted by Gasteiger charge is -2.20. The maximum atomic E-state index is 12.8. The molecule has 0 spiro atoms. The molecule has 2 rings (SSSR count). The zero-order valence-electron chi connectivity index (χ0n) is 14.1. The third-order valence-electron chi connectivity index (χ3n) is 3.86. The molecule has 5 nitrogen and oxygen atoms in total. The molecule has 25 heavy (non-hydrogen) atoms. The number of nitrogens with zero attached hydrogens (tertiary/aromatic N) is 2. The van der Waals surface area contributed by atoms with E-state index in [9.17, 15) is 21.6 Å². The summed E-state index contributed by atoms with van der Waals surface area (Å²) in [5.74, 6) is -1.23. The van der Waals surface area contributed by atoms with Crippen molar-refractivity contribution in [2.75, 3.05) is 13.1 Å². The maximum absolute atomic E-state index is 12.8. The van der Waals surface area contributed by atoms with Gasteiger partial charge in [0, 0.05) is 24.7 Å². The Bertz CT molecular complexity index is 841. The summed E-state index contributed by atoms with van der Waals surface area (Å²) in [6.07, 6.45) is -4.17. The Morgan fingerprint density at radius 3 is 2.24 bits per heavy atom. The lowest BCUT2D eigenvalue weighted by molar-refractivity contribution is -0.155. The van der Waals surface area contributed by atoms with Crippen molar-refractivity contribution >= 4 is 10.0 Å². The third kappa shape index (κ3) is 3.87. The Morgan fingerprint density at radius 2 is 1.76 bits per heavy atom. The van der Waals surface area contributed by atoms with Gasteiger partial charge in [-0.05, 0) is 18.1 Å². The summed E-state index contributed by atoms with van der Waals surface area (Å²) >= 11 is 0. The van der Waals surface area contributed by atoms with Crippen molar-refractivity contribution in [3.63, 3.8) is 0 Å². The number of hydrogen-bond acceptors (Lipinski definition) is 4. The van der Waals surface area contributed by atoms with E-state index in [1.54, 1.807) is 19.9 Å². The smallest absolute Gasteiger partial charge is 0.351 e. The normalized spacial score (nSPS) is 12.8. The van der Waals surface area contributed by atoms with E-state index < -0.39 is 22.0 Å². The fraction of sp³-hybridized carbons (Fsp3) is 0.438. The Balaban J connectivity index is 2.56. The van der Waals surface area contributed by atoms with Gasteiger partial charge in [-0.3, -0.25) is 0 Å². The minimum Gasteiger partial charge on any atom is -0.351 e. The Morgan fingerprint density at radius 1 is 1.12 bits per heavy atom. The van der Waals surface area contributed by atoms with Crippen molar-refractivity contribution in [1.29, 1.82) is 0 Å². The topological polar surface area (TPSA) is 63.4 Å². The van der Waals surface area contributed by atoms with Crippen molar-refractivity contribution in [3.8, 4) is 11.3 Å². The van der Waals surface area contributed by atoms with E-state index in [-0.39, 0.29) is 16.2 Å². The van der Waals surface area contributed by atoms with Gasteiger partial charge in [0.15, 0.2) is 0 Å². The highest BCUT2D eigenvalue weighted by Crippen LogP contribution is 2.33. The number of alkyl halides is 3. The minimum atomic E-state index is -4.65. The zero-order chi connectivity index (χ0) is 18.8. The zero-order valence-corrected chi connectivity index (χ0v) is 14.9. The largest absolute Gasteiger partial charge is 0.452 e. The molecule has 1 aromatic carbocycles. The van der Waals surface area contributed by atoms with Gasteiger partial charge in [0.1, 0.15) is 5.69 Å². The number of hydrogen-bond donors (Lipinski definition) is 0. The summed E-state index contributed by atoms with van der Waals surface area (Å²) in [6, 6.07) is 5.24. The van der Waals surface area contributed by atoms with Crippen molar-refractivity contribution in [1.82, 2.24) is 9.46 Å². The molecule has 0 aliphatic carbocycles. The second-order valence-corrected chi connectivity index (χ2v) is 7.25. The monoisotopic (exact) mass is 376 g/mol. The van der Waals surface area contributed by atoms with E-state index in [0.29, 0.717) is 25.1 Å². The average molecular weight is 376 g/mol. The second kappa shape index (κ2) is 7.17. The first-order chi connectivity index (χ1) is 11.6.